The molecular weight excluding hydrogens is 595 g/mol. The van der Waals surface area contributed by atoms with E-state index < -0.39 is 5.92 Å². The number of carbonyl (C=O) groups is 2. The summed E-state index contributed by atoms with van der Waals surface area (Å²) in [5.74, 6) is 1.30. The van der Waals surface area contributed by atoms with Crippen molar-refractivity contribution < 1.29 is 18.7 Å². The Kier molecular flexibility index (Phi) is 7.72. The molecule has 42 heavy (non-hydrogen) atoms. The van der Waals surface area contributed by atoms with Gasteiger partial charge in [0.2, 0.25) is 11.0 Å². The lowest BCUT2D eigenvalue weighted by Crippen LogP contribution is -2.38. The van der Waals surface area contributed by atoms with Crippen molar-refractivity contribution in [3.8, 4) is 11.8 Å². The summed E-state index contributed by atoms with van der Waals surface area (Å²) in [6, 6.07) is 11.4. The molecule has 1 amide bonds. The Morgan fingerprint density at radius 3 is 2.90 bits per heavy atom. The second-order valence-corrected chi connectivity index (χ2v) is 12.7. The monoisotopic (exact) mass is 619 g/mol. The molecular formula is C28H25N7O4S3. The second-order valence-electron chi connectivity index (χ2n) is 9.53. The highest BCUT2D eigenvalue weighted by Crippen LogP contribution is 2.47. The summed E-state index contributed by atoms with van der Waals surface area (Å²) >= 11 is 3.84. The fourth-order valence-corrected chi connectivity index (χ4v) is 7.64. The number of fused-ring (bicyclic) bond motifs is 1. The van der Waals surface area contributed by atoms with E-state index in [1.54, 1.807) is 17.0 Å². The number of benzene rings is 1. The maximum absolute atomic E-state index is 13.2. The van der Waals surface area contributed by atoms with Gasteiger partial charge in [0.15, 0.2) is 15.3 Å². The SMILES string of the molecule is CCOc1ccc2nc(NC(=O)CSc3nnc(N4C(N)=C(C#N)C(c5ccc(C)o5)C5=C4CCCC5=O)s3)sc2c1. The minimum atomic E-state index is -0.665. The van der Waals surface area contributed by atoms with Crippen LogP contribution in [0.3, 0.4) is 0 Å². The first-order valence-corrected chi connectivity index (χ1v) is 15.8. The zero-order chi connectivity index (χ0) is 29.4. The number of anilines is 2. The molecule has 3 N–H and O–H groups in total. The highest BCUT2D eigenvalue weighted by Gasteiger charge is 2.42. The number of thiazole rings is 1. The number of carbonyl (C=O) groups excluding carboxylic acids is 2. The van der Waals surface area contributed by atoms with Gasteiger partial charge in [0.25, 0.3) is 0 Å². The van der Waals surface area contributed by atoms with E-state index in [0.717, 1.165) is 16.0 Å². The summed E-state index contributed by atoms with van der Waals surface area (Å²) in [4.78, 5) is 32.1. The molecule has 11 nitrogen and oxygen atoms in total. The normalized spacial score (nSPS) is 17.0. The number of ether oxygens (including phenoxy) is 1. The van der Waals surface area contributed by atoms with Crippen molar-refractivity contribution in [2.75, 3.05) is 22.6 Å². The number of aromatic nitrogens is 3. The molecule has 0 bridgehead atoms. The third-order valence-electron chi connectivity index (χ3n) is 6.79. The summed E-state index contributed by atoms with van der Waals surface area (Å²) in [5.41, 5.74) is 8.80. The van der Waals surface area contributed by atoms with Crippen LogP contribution in [0.1, 0.15) is 43.6 Å². The Hall–Kier alpha value is -4.19. The number of nitrogens with one attached hydrogen (secondary N) is 1. The highest BCUT2D eigenvalue weighted by molar-refractivity contribution is 8.01. The summed E-state index contributed by atoms with van der Waals surface area (Å²) in [5, 5.41) is 22.5. The molecule has 14 heteroatoms. The molecule has 1 aromatic carbocycles. The van der Waals surface area contributed by atoms with Crippen molar-refractivity contribution in [1.29, 1.82) is 5.26 Å². The molecule has 1 unspecified atom stereocenters. The Morgan fingerprint density at radius 1 is 1.29 bits per heavy atom. The number of furan rings is 1. The van der Waals surface area contributed by atoms with Gasteiger partial charge in [0.1, 0.15) is 23.1 Å². The van der Waals surface area contributed by atoms with Crippen LogP contribution in [-0.2, 0) is 9.59 Å². The van der Waals surface area contributed by atoms with Crippen LogP contribution >= 0.6 is 34.4 Å². The van der Waals surface area contributed by atoms with Crippen LogP contribution in [0, 0.1) is 18.3 Å². The van der Waals surface area contributed by atoms with Gasteiger partial charge in [0.05, 0.1) is 40.1 Å². The summed E-state index contributed by atoms with van der Waals surface area (Å²) in [7, 11) is 0. The molecule has 0 radical (unpaired) electrons. The molecule has 1 aliphatic carbocycles. The quantitative estimate of drug-likeness (QED) is 0.240. The van der Waals surface area contributed by atoms with E-state index in [1.165, 1.54) is 34.4 Å². The number of hydrogen-bond donors (Lipinski definition) is 2. The van der Waals surface area contributed by atoms with Gasteiger partial charge < -0.3 is 20.2 Å². The van der Waals surface area contributed by atoms with Gasteiger partial charge >= 0.3 is 0 Å². The maximum atomic E-state index is 13.2. The Labute approximate surface area is 253 Å². The van der Waals surface area contributed by atoms with Gasteiger partial charge in [-0.2, -0.15) is 5.26 Å². The van der Waals surface area contributed by atoms with E-state index in [1.807, 2.05) is 32.0 Å². The summed E-state index contributed by atoms with van der Waals surface area (Å²) in [6.07, 6.45) is 1.64. The van der Waals surface area contributed by atoms with Crippen LogP contribution in [0.5, 0.6) is 5.75 Å². The molecule has 0 saturated carbocycles. The molecule has 6 rings (SSSR count). The average Bonchev–Trinajstić information content (AvgIpc) is 3.71. The topological polar surface area (TPSA) is 160 Å². The largest absolute Gasteiger partial charge is 0.494 e. The number of thioether (sulfide) groups is 1. The third kappa shape index (κ3) is 5.26. The van der Waals surface area contributed by atoms with Crippen molar-refractivity contribution in [2.45, 2.75) is 43.4 Å². The second kappa shape index (κ2) is 11.6. The van der Waals surface area contributed by atoms with Crippen molar-refractivity contribution >= 4 is 66.6 Å². The van der Waals surface area contributed by atoms with E-state index in [4.69, 9.17) is 14.9 Å². The zero-order valence-electron chi connectivity index (χ0n) is 22.7. The number of aryl methyl sites for hydroxylation is 1. The first kappa shape index (κ1) is 28.0. The number of nitrogens with zero attached hydrogens (tertiary/aromatic N) is 5. The molecule has 4 heterocycles. The van der Waals surface area contributed by atoms with E-state index in [0.29, 0.717) is 63.3 Å². The summed E-state index contributed by atoms with van der Waals surface area (Å²) < 4.78 is 12.9. The summed E-state index contributed by atoms with van der Waals surface area (Å²) in [6.45, 7) is 4.31. The molecule has 3 aromatic heterocycles. The molecule has 1 aliphatic heterocycles. The minimum Gasteiger partial charge on any atom is -0.494 e. The number of hydrogen-bond acceptors (Lipinski definition) is 13. The minimum absolute atomic E-state index is 0.0414. The first-order valence-electron chi connectivity index (χ1n) is 13.2. The smallest absolute Gasteiger partial charge is 0.236 e. The number of amides is 1. The molecule has 4 aromatic rings. The van der Waals surface area contributed by atoms with Gasteiger partial charge in [0, 0.05) is 17.7 Å². The van der Waals surface area contributed by atoms with Gasteiger partial charge in [-0.1, -0.05) is 34.4 Å². The number of allylic oxidation sites excluding steroid dienone is 3. The zero-order valence-corrected chi connectivity index (χ0v) is 25.1. The van der Waals surface area contributed by atoms with Crippen molar-refractivity contribution in [3.63, 3.8) is 0 Å². The van der Waals surface area contributed by atoms with E-state index in [2.05, 4.69) is 26.6 Å². The molecule has 0 spiro atoms. The first-order chi connectivity index (χ1) is 20.4. The van der Waals surface area contributed by atoms with Crippen LogP contribution in [0.2, 0.25) is 0 Å². The lowest BCUT2D eigenvalue weighted by atomic mass is 9.78. The fraction of sp³-hybridized carbons (Fsp3) is 0.286. The molecule has 2 aliphatic rings. The van der Waals surface area contributed by atoms with E-state index in [-0.39, 0.29) is 28.8 Å². The predicted octanol–water partition coefficient (Wildman–Crippen LogP) is 5.48. The fourth-order valence-electron chi connectivity index (χ4n) is 5.05. The molecule has 0 fully saturated rings. The number of rotatable bonds is 8. The molecule has 0 saturated heterocycles. The molecule has 1 atom stereocenters. The standard InChI is InChI=1S/C28H25N7O4S3/c1-3-38-15-8-9-17-21(11-15)41-26(31-17)32-22(37)13-40-28-34-33-27(42-28)35-18-5-4-6-19(36)24(18)23(16(12-29)25(35)30)20-10-7-14(2)39-20/h7-11,23H,3-6,13,30H2,1-2H3,(H,31,32,37). The van der Waals surface area contributed by atoms with Crippen molar-refractivity contribution in [3.05, 3.63) is 64.5 Å². The highest BCUT2D eigenvalue weighted by atomic mass is 32.2. The Bertz CT molecular complexity index is 1810. The Morgan fingerprint density at radius 2 is 2.14 bits per heavy atom. The van der Waals surface area contributed by atoms with Gasteiger partial charge in [-0.25, -0.2) is 4.98 Å². The van der Waals surface area contributed by atoms with Crippen LogP contribution in [0.25, 0.3) is 10.2 Å². The number of Topliss-reactive ketones (excluding diaryl/α,β-unsaturated/α-hetero) is 1. The lowest BCUT2D eigenvalue weighted by Gasteiger charge is -2.37. The van der Waals surface area contributed by atoms with E-state index >= 15 is 0 Å². The van der Waals surface area contributed by atoms with Crippen molar-refractivity contribution in [2.24, 2.45) is 5.73 Å². The Balaban J connectivity index is 1.20. The number of ketones is 1. The maximum Gasteiger partial charge on any atom is 0.236 e. The van der Waals surface area contributed by atoms with Gasteiger partial charge in [-0.3, -0.25) is 14.5 Å². The molecule has 214 valence electrons. The van der Waals surface area contributed by atoms with Gasteiger partial charge in [-0.15, -0.1) is 10.2 Å². The lowest BCUT2D eigenvalue weighted by molar-refractivity contribution is -0.116. The number of nitrogens with two attached hydrogens (primary N) is 1. The van der Waals surface area contributed by atoms with E-state index in [9.17, 15) is 14.9 Å². The van der Waals surface area contributed by atoms with Crippen molar-refractivity contribution in [1.82, 2.24) is 15.2 Å². The average molecular weight is 620 g/mol. The van der Waals surface area contributed by atoms with Crippen LogP contribution in [0.4, 0.5) is 10.3 Å². The predicted molar refractivity (Wildman–Crippen MR) is 161 cm³/mol. The number of nitriles is 1. The van der Waals surface area contributed by atoms with Crippen LogP contribution in [-0.4, -0.2) is 39.2 Å². The van der Waals surface area contributed by atoms with Crippen LogP contribution < -0.4 is 20.7 Å². The van der Waals surface area contributed by atoms with Gasteiger partial charge in [-0.05, 0) is 57.0 Å². The van der Waals surface area contributed by atoms with Crippen LogP contribution in [0.15, 0.2) is 61.8 Å². The third-order valence-corrected chi connectivity index (χ3v) is 9.77.